The molecule has 2 N–H and O–H groups in total. The van der Waals surface area contributed by atoms with E-state index in [4.69, 9.17) is 5.73 Å². The van der Waals surface area contributed by atoms with E-state index in [1.54, 1.807) is 0 Å². The van der Waals surface area contributed by atoms with Crippen molar-refractivity contribution in [3.63, 3.8) is 0 Å². The van der Waals surface area contributed by atoms with Gasteiger partial charge in [-0.25, -0.2) is 0 Å². The molecule has 0 spiro atoms. The van der Waals surface area contributed by atoms with E-state index in [0.717, 1.165) is 12.1 Å². The number of nitrogens with two attached hydrogens (primary N) is 1. The van der Waals surface area contributed by atoms with E-state index in [1.807, 2.05) is 17.8 Å². The third-order valence-electron chi connectivity index (χ3n) is 3.15. The minimum Gasteiger partial charge on any atom is -0.320 e. The van der Waals surface area contributed by atoms with Gasteiger partial charge in [0.1, 0.15) is 0 Å². The van der Waals surface area contributed by atoms with Crippen LogP contribution in [0.1, 0.15) is 24.5 Å². The van der Waals surface area contributed by atoms with E-state index >= 15 is 0 Å². The monoisotopic (exact) mass is 276 g/mol. The van der Waals surface area contributed by atoms with Gasteiger partial charge in [0.05, 0.1) is 6.54 Å². The first-order chi connectivity index (χ1) is 9.21. The molecule has 0 fully saturated rings. The minimum atomic E-state index is 0.412. The highest BCUT2D eigenvalue weighted by Gasteiger charge is 2.12. The van der Waals surface area contributed by atoms with Crippen LogP contribution in [0.2, 0.25) is 0 Å². The maximum absolute atomic E-state index is 5.40. The average molecular weight is 276 g/mol. The molecule has 0 amide bonds. The highest BCUT2D eigenvalue weighted by atomic mass is 32.2. The largest absolute Gasteiger partial charge is 0.320 e. The molecule has 0 aliphatic rings. The molecule has 1 rings (SSSR count). The Balaban J connectivity index is 2.70. The van der Waals surface area contributed by atoms with Crippen molar-refractivity contribution in [3.8, 4) is 11.8 Å². The zero-order chi connectivity index (χ0) is 14.1. The van der Waals surface area contributed by atoms with Gasteiger partial charge in [0.25, 0.3) is 0 Å². The van der Waals surface area contributed by atoms with Gasteiger partial charge in [-0.1, -0.05) is 30.9 Å². The Kier molecular flexibility index (Phi) is 7.66. The van der Waals surface area contributed by atoms with Crippen molar-refractivity contribution in [3.05, 3.63) is 35.4 Å². The Hall–Kier alpha value is -0.950. The molecular formula is C16H24N2S. The van der Waals surface area contributed by atoms with E-state index in [9.17, 15) is 0 Å². The second-order valence-corrected chi connectivity index (χ2v) is 5.55. The number of hydrogen-bond donors (Lipinski definition) is 1. The van der Waals surface area contributed by atoms with Gasteiger partial charge in [-0.2, -0.15) is 11.8 Å². The van der Waals surface area contributed by atoms with Gasteiger partial charge in [-0.05, 0) is 37.4 Å². The van der Waals surface area contributed by atoms with Crippen LogP contribution in [-0.4, -0.2) is 36.5 Å². The van der Waals surface area contributed by atoms with E-state index in [-0.39, 0.29) is 0 Å². The molecule has 2 nitrogen and oxygen atoms in total. The topological polar surface area (TPSA) is 29.3 Å². The molecule has 1 atom stereocenters. The lowest BCUT2D eigenvalue weighted by atomic mass is 10.1. The Bertz CT molecular complexity index is 434. The van der Waals surface area contributed by atoms with Crippen molar-refractivity contribution >= 4 is 11.8 Å². The number of thioether (sulfide) groups is 1. The molecule has 0 bridgehead atoms. The van der Waals surface area contributed by atoms with Crippen LogP contribution in [0.15, 0.2) is 24.3 Å². The maximum Gasteiger partial charge on any atom is 0.0555 e. The molecule has 3 heteroatoms. The summed E-state index contributed by atoms with van der Waals surface area (Å²) < 4.78 is 0. The SMILES string of the molecule is CCC(CSC)N(C)Cc1cccc(C#CCN)c1. The fourth-order valence-corrected chi connectivity index (χ4v) is 2.94. The van der Waals surface area contributed by atoms with Crippen LogP contribution in [0.3, 0.4) is 0 Å². The first kappa shape index (κ1) is 16.1. The first-order valence-corrected chi connectivity index (χ1v) is 8.07. The molecule has 0 saturated heterocycles. The van der Waals surface area contributed by atoms with Crippen LogP contribution in [-0.2, 0) is 6.54 Å². The van der Waals surface area contributed by atoms with Crippen molar-refractivity contribution < 1.29 is 0 Å². The Labute approximate surface area is 121 Å². The number of hydrogen-bond acceptors (Lipinski definition) is 3. The minimum absolute atomic E-state index is 0.412. The summed E-state index contributed by atoms with van der Waals surface area (Å²) in [6.45, 7) is 3.63. The number of rotatable bonds is 6. The second kappa shape index (κ2) is 9.03. The van der Waals surface area contributed by atoms with E-state index in [0.29, 0.717) is 12.6 Å². The molecule has 0 aromatic heterocycles. The Morgan fingerprint density at radius 3 is 2.84 bits per heavy atom. The molecule has 104 valence electrons. The second-order valence-electron chi connectivity index (χ2n) is 4.64. The van der Waals surface area contributed by atoms with Crippen LogP contribution < -0.4 is 5.73 Å². The summed E-state index contributed by atoms with van der Waals surface area (Å²) in [5.41, 5.74) is 7.76. The fourth-order valence-electron chi connectivity index (χ4n) is 2.07. The van der Waals surface area contributed by atoms with E-state index in [2.05, 4.69) is 55.2 Å². The van der Waals surface area contributed by atoms with Crippen molar-refractivity contribution in [2.45, 2.75) is 25.9 Å². The van der Waals surface area contributed by atoms with Gasteiger partial charge in [-0.15, -0.1) is 0 Å². The predicted molar refractivity (Wildman–Crippen MR) is 86.3 cm³/mol. The van der Waals surface area contributed by atoms with E-state index in [1.165, 1.54) is 17.7 Å². The maximum atomic E-state index is 5.40. The lowest BCUT2D eigenvalue weighted by molar-refractivity contribution is 0.248. The van der Waals surface area contributed by atoms with Crippen molar-refractivity contribution in [1.29, 1.82) is 0 Å². The van der Waals surface area contributed by atoms with Gasteiger partial charge in [0.2, 0.25) is 0 Å². The molecule has 0 radical (unpaired) electrons. The molecule has 1 aromatic rings. The van der Waals surface area contributed by atoms with Crippen LogP contribution in [0.5, 0.6) is 0 Å². The standard InChI is InChI=1S/C16H24N2S/c1-4-16(13-19-3)18(2)12-15-8-5-7-14(11-15)9-6-10-17/h5,7-8,11,16H,4,10,12-13,17H2,1-3H3. The third-order valence-corrected chi connectivity index (χ3v) is 3.87. The predicted octanol–water partition coefficient (Wildman–Crippen LogP) is 2.57. The molecule has 0 aliphatic carbocycles. The summed E-state index contributed by atoms with van der Waals surface area (Å²) in [4.78, 5) is 2.42. The quantitative estimate of drug-likeness (QED) is 0.810. The lowest BCUT2D eigenvalue weighted by Gasteiger charge is -2.26. The molecular weight excluding hydrogens is 252 g/mol. The molecule has 1 unspecified atom stereocenters. The summed E-state index contributed by atoms with van der Waals surface area (Å²) in [5, 5.41) is 0. The summed E-state index contributed by atoms with van der Waals surface area (Å²) in [5.74, 6) is 7.17. The van der Waals surface area contributed by atoms with Gasteiger partial charge in [0, 0.05) is 23.9 Å². The van der Waals surface area contributed by atoms with Crippen LogP contribution in [0.25, 0.3) is 0 Å². The molecule has 0 heterocycles. The number of nitrogens with zero attached hydrogens (tertiary/aromatic N) is 1. The van der Waals surface area contributed by atoms with Gasteiger partial charge in [0.15, 0.2) is 0 Å². The zero-order valence-electron chi connectivity index (χ0n) is 12.1. The molecule has 1 aromatic carbocycles. The summed E-state index contributed by atoms with van der Waals surface area (Å²) in [6, 6.07) is 9.06. The lowest BCUT2D eigenvalue weighted by Crippen LogP contribution is -2.32. The summed E-state index contributed by atoms with van der Waals surface area (Å²) >= 11 is 1.91. The summed E-state index contributed by atoms with van der Waals surface area (Å²) in [7, 11) is 2.20. The molecule has 0 aliphatic heterocycles. The van der Waals surface area contributed by atoms with E-state index < -0.39 is 0 Å². The normalized spacial score (nSPS) is 12.1. The molecule has 0 saturated carbocycles. The Morgan fingerprint density at radius 1 is 1.42 bits per heavy atom. The van der Waals surface area contributed by atoms with Crippen molar-refractivity contribution in [2.24, 2.45) is 5.73 Å². The highest BCUT2D eigenvalue weighted by Crippen LogP contribution is 2.13. The van der Waals surface area contributed by atoms with Gasteiger partial charge >= 0.3 is 0 Å². The van der Waals surface area contributed by atoms with Gasteiger partial charge in [-0.3, -0.25) is 4.90 Å². The highest BCUT2D eigenvalue weighted by molar-refractivity contribution is 7.98. The van der Waals surface area contributed by atoms with Gasteiger partial charge < -0.3 is 5.73 Å². The first-order valence-electron chi connectivity index (χ1n) is 6.68. The smallest absolute Gasteiger partial charge is 0.0555 e. The zero-order valence-corrected chi connectivity index (χ0v) is 13.0. The van der Waals surface area contributed by atoms with Crippen LogP contribution in [0.4, 0.5) is 0 Å². The third kappa shape index (κ3) is 5.69. The van der Waals surface area contributed by atoms with Crippen LogP contribution >= 0.6 is 11.8 Å². The van der Waals surface area contributed by atoms with Crippen molar-refractivity contribution in [2.75, 3.05) is 25.6 Å². The van der Waals surface area contributed by atoms with Crippen molar-refractivity contribution in [1.82, 2.24) is 4.90 Å². The number of benzene rings is 1. The molecule has 19 heavy (non-hydrogen) atoms. The summed E-state index contributed by atoms with van der Waals surface area (Å²) in [6.07, 6.45) is 3.35. The van der Waals surface area contributed by atoms with Crippen LogP contribution in [0, 0.1) is 11.8 Å². The fraction of sp³-hybridized carbons (Fsp3) is 0.500. The Morgan fingerprint density at radius 2 is 2.21 bits per heavy atom. The average Bonchev–Trinajstić information content (AvgIpc) is 2.42.